The first kappa shape index (κ1) is 12.0. The number of rotatable bonds is 4. The number of nitrogens with one attached hydrogen (secondary N) is 1. The number of likely N-dealkylation sites (tertiary alicyclic amines) is 1. The molecule has 0 radical (unpaired) electrons. The third-order valence-electron chi connectivity index (χ3n) is 3.05. The number of piperidine rings is 1. The summed E-state index contributed by atoms with van der Waals surface area (Å²) in [7, 11) is 2.20. The lowest BCUT2D eigenvalue weighted by Gasteiger charge is -2.33. The van der Waals surface area contributed by atoms with Crippen molar-refractivity contribution in [2.24, 2.45) is 11.1 Å². The Morgan fingerprint density at radius 1 is 1.50 bits per heavy atom. The Morgan fingerprint density at radius 3 is 2.79 bits per heavy atom. The van der Waals surface area contributed by atoms with Crippen molar-refractivity contribution in [3.05, 3.63) is 0 Å². The summed E-state index contributed by atoms with van der Waals surface area (Å²) in [4.78, 5) is 2.40. The monoisotopic (exact) mass is 199 g/mol. The van der Waals surface area contributed by atoms with Crippen LogP contribution in [-0.4, -0.2) is 44.2 Å². The fraction of sp³-hybridized carbons (Fsp3) is 1.00. The zero-order valence-corrected chi connectivity index (χ0v) is 9.84. The number of likely N-dealkylation sites (N-methyl/N-ethyl adjacent to an activating group) is 1. The molecule has 1 saturated heterocycles. The second kappa shape index (κ2) is 5.10. The van der Waals surface area contributed by atoms with Gasteiger partial charge in [-0.1, -0.05) is 13.8 Å². The predicted octanol–water partition coefficient (Wildman–Crippen LogP) is 0.655. The number of nitrogens with two attached hydrogens (primary N) is 1. The Balaban J connectivity index is 2.23. The maximum Gasteiger partial charge on any atom is 0.0195 e. The van der Waals surface area contributed by atoms with E-state index in [2.05, 4.69) is 31.1 Å². The first-order chi connectivity index (χ1) is 6.53. The minimum atomic E-state index is 0.232. The van der Waals surface area contributed by atoms with Crippen molar-refractivity contribution in [3.8, 4) is 0 Å². The molecule has 3 heteroatoms. The third-order valence-corrected chi connectivity index (χ3v) is 3.05. The molecule has 1 aliphatic heterocycles. The van der Waals surface area contributed by atoms with Crippen LogP contribution in [0.4, 0.5) is 0 Å². The van der Waals surface area contributed by atoms with Gasteiger partial charge in [-0.2, -0.15) is 0 Å². The molecule has 0 aliphatic carbocycles. The van der Waals surface area contributed by atoms with Crippen LogP contribution in [0.1, 0.15) is 26.7 Å². The summed E-state index contributed by atoms with van der Waals surface area (Å²) in [5.41, 5.74) is 5.93. The van der Waals surface area contributed by atoms with E-state index in [1.54, 1.807) is 0 Å². The lowest BCUT2D eigenvalue weighted by atomic mass is 9.93. The summed E-state index contributed by atoms with van der Waals surface area (Å²) < 4.78 is 0. The molecule has 1 aliphatic rings. The van der Waals surface area contributed by atoms with Crippen LogP contribution in [0.3, 0.4) is 0 Å². The van der Waals surface area contributed by atoms with E-state index in [-0.39, 0.29) is 5.41 Å². The molecule has 0 bridgehead atoms. The Bertz CT molecular complexity index is 168. The molecule has 1 rings (SSSR count). The maximum atomic E-state index is 5.70. The van der Waals surface area contributed by atoms with E-state index >= 15 is 0 Å². The summed E-state index contributed by atoms with van der Waals surface area (Å²) >= 11 is 0. The van der Waals surface area contributed by atoms with Gasteiger partial charge >= 0.3 is 0 Å². The zero-order chi connectivity index (χ0) is 10.6. The number of hydrogen-bond donors (Lipinski definition) is 2. The molecule has 1 fully saturated rings. The van der Waals surface area contributed by atoms with Gasteiger partial charge in [-0.05, 0) is 38.4 Å². The smallest absolute Gasteiger partial charge is 0.0195 e. The van der Waals surface area contributed by atoms with Crippen LogP contribution in [0.15, 0.2) is 0 Å². The summed E-state index contributed by atoms with van der Waals surface area (Å²) in [5, 5.41) is 3.62. The van der Waals surface area contributed by atoms with Gasteiger partial charge < -0.3 is 16.0 Å². The van der Waals surface area contributed by atoms with Crippen molar-refractivity contribution in [1.29, 1.82) is 0 Å². The van der Waals surface area contributed by atoms with Crippen molar-refractivity contribution in [3.63, 3.8) is 0 Å². The molecule has 0 amide bonds. The molecular formula is C11H25N3. The Hall–Kier alpha value is -0.120. The fourth-order valence-corrected chi connectivity index (χ4v) is 1.83. The van der Waals surface area contributed by atoms with Crippen LogP contribution in [-0.2, 0) is 0 Å². The first-order valence-corrected chi connectivity index (χ1v) is 5.65. The van der Waals surface area contributed by atoms with E-state index in [4.69, 9.17) is 5.73 Å². The molecule has 3 nitrogen and oxygen atoms in total. The highest BCUT2D eigenvalue weighted by atomic mass is 15.1. The maximum absolute atomic E-state index is 5.70. The van der Waals surface area contributed by atoms with Gasteiger partial charge in [-0.3, -0.25) is 0 Å². The molecule has 0 aromatic heterocycles. The van der Waals surface area contributed by atoms with Gasteiger partial charge in [-0.25, -0.2) is 0 Å². The van der Waals surface area contributed by atoms with Gasteiger partial charge in [-0.15, -0.1) is 0 Å². The zero-order valence-electron chi connectivity index (χ0n) is 9.84. The van der Waals surface area contributed by atoms with Gasteiger partial charge in [0.25, 0.3) is 0 Å². The lowest BCUT2D eigenvalue weighted by Crippen LogP contribution is -2.47. The van der Waals surface area contributed by atoms with E-state index < -0.39 is 0 Å². The second-order valence-corrected chi connectivity index (χ2v) is 5.35. The van der Waals surface area contributed by atoms with Gasteiger partial charge in [0, 0.05) is 19.1 Å². The summed E-state index contributed by atoms with van der Waals surface area (Å²) in [5.74, 6) is 0. The minimum Gasteiger partial charge on any atom is -0.330 e. The molecule has 84 valence electrons. The van der Waals surface area contributed by atoms with E-state index in [0.29, 0.717) is 6.04 Å². The highest BCUT2D eigenvalue weighted by Crippen LogP contribution is 2.13. The van der Waals surface area contributed by atoms with Gasteiger partial charge in [0.2, 0.25) is 0 Å². The average molecular weight is 199 g/mol. The third kappa shape index (κ3) is 3.95. The average Bonchev–Trinajstić information content (AvgIpc) is 2.15. The van der Waals surface area contributed by atoms with E-state index in [9.17, 15) is 0 Å². The quantitative estimate of drug-likeness (QED) is 0.699. The van der Waals surface area contributed by atoms with Crippen molar-refractivity contribution < 1.29 is 0 Å². The highest BCUT2D eigenvalue weighted by Gasteiger charge is 2.20. The van der Waals surface area contributed by atoms with Gasteiger partial charge in [0.05, 0.1) is 0 Å². The SMILES string of the molecule is CN1CCCC(NCC(C)(C)CN)C1. The predicted molar refractivity (Wildman–Crippen MR) is 61.4 cm³/mol. The number of hydrogen-bond acceptors (Lipinski definition) is 3. The normalized spacial score (nSPS) is 25.3. The largest absolute Gasteiger partial charge is 0.330 e. The topological polar surface area (TPSA) is 41.3 Å². The van der Waals surface area contributed by atoms with Crippen LogP contribution >= 0.6 is 0 Å². The summed E-state index contributed by atoms with van der Waals surface area (Å²) in [6, 6.07) is 0.666. The molecule has 3 N–H and O–H groups in total. The first-order valence-electron chi connectivity index (χ1n) is 5.65. The molecule has 0 aromatic rings. The van der Waals surface area contributed by atoms with Gasteiger partial charge in [0.1, 0.15) is 0 Å². The Labute approximate surface area is 88.0 Å². The van der Waals surface area contributed by atoms with Crippen molar-refractivity contribution in [2.45, 2.75) is 32.7 Å². The second-order valence-electron chi connectivity index (χ2n) is 5.35. The van der Waals surface area contributed by atoms with Crippen LogP contribution in [0.5, 0.6) is 0 Å². The molecule has 1 heterocycles. The Morgan fingerprint density at radius 2 is 2.21 bits per heavy atom. The fourth-order valence-electron chi connectivity index (χ4n) is 1.83. The molecular weight excluding hydrogens is 174 g/mol. The van der Waals surface area contributed by atoms with E-state index in [0.717, 1.165) is 13.1 Å². The van der Waals surface area contributed by atoms with Crippen LogP contribution in [0, 0.1) is 5.41 Å². The van der Waals surface area contributed by atoms with Crippen molar-refractivity contribution in [2.75, 3.05) is 33.2 Å². The molecule has 14 heavy (non-hydrogen) atoms. The Kier molecular flexibility index (Phi) is 4.35. The van der Waals surface area contributed by atoms with Crippen LogP contribution in [0.25, 0.3) is 0 Å². The van der Waals surface area contributed by atoms with Crippen molar-refractivity contribution >= 4 is 0 Å². The molecule has 0 spiro atoms. The van der Waals surface area contributed by atoms with Gasteiger partial charge in [0.15, 0.2) is 0 Å². The minimum absolute atomic E-state index is 0.232. The van der Waals surface area contributed by atoms with E-state index in [1.807, 2.05) is 0 Å². The van der Waals surface area contributed by atoms with Crippen LogP contribution in [0.2, 0.25) is 0 Å². The molecule has 1 unspecified atom stereocenters. The van der Waals surface area contributed by atoms with Crippen LogP contribution < -0.4 is 11.1 Å². The summed E-state index contributed by atoms with van der Waals surface area (Å²) in [6.07, 6.45) is 2.63. The van der Waals surface area contributed by atoms with Crippen molar-refractivity contribution in [1.82, 2.24) is 10.2 Å². The molecule has 0 saturated carbocycles. The van der Waals surface area contributed by atoms with E-state index in [1.165, 1.54) is 25.9 Å². The summed E-state index contributed by atoms with van der Waals surface area (Å²) in [6.45, 7) is 8.64. The highest BCUT2D eigenvalue weighted by molar-refractivity contribution is 4.80. The standard InChI is InChI=1S/C11H25N3/c1-11(2,8-12)9-13-10-5-4-6-14(3)7-10/h10,13H,4-9,12H2,1-3H3. The molecule has 1 atom stereocenters. The molecule has 0 aromatic carbocycles. The lowest BCUT2D eigenvalue weighted by molar-refractivity contribution is 0.211. The number of nitrogens with zero attached hydrogens (tertiary/aromatic N) is 1.